The fraction of sp³-hybridized carbons (Fsp3) is 0.600. The number of piperidine rings is 1. The lowest BCUT2D eigenvalue weighted by Crippen LogP contribution is -2.42. The maximum absolute atomic E-state index is 5.85. The first-order valence-electron chi connectivity index (χ1n) is 6.73. The molecule has 94 valence electrons. The van der Waals surface area contributed by atoms with Gasteiger partial charge in [0.2, 0.25) is 0 Å². The average Bonchev–Trinajstić information content (AvgIpc) is 2.39. The van der Waals surface area contributed by atoms with E-state index in [-0.39, 0.29) is 0 Å². The molecule has 1 fully saturated rings. The zero-order valence-corrected chi connectivity index (χ0v) is 11.0. The fourth-order valence-corrected chi connectivity index (χ4v) is 2.89. The maximum Gasteiger partial charge on any atom is 0.0353 e. The molecule has 17 heavy (non-hydrogen) atoms. The summed E-state index contributed by atoms with van der Waals surface area (Å²) in [6, 6.07) is 12.0. The largest absolute Gasteiger partial charge is 0.330 e. The molecule has 0 aliphatic carbocycles. The standard InChI is InChI=1S/C15H24N2/c1-12(2)17-9-8-13(11-16)10-15(17)14-6-4-3-5-7-14/h3-7,12-13,15H,8-11,16H2,1-2H3/t13-,15-/m1/s1. The van der Waals surface area contributed by atoms with Crippen LogP contribution in [-0.2, 0) is 0 Å². The van der Waals surface area contributed by atoms with Crippen molar-refractivity contribution in [3.63, 3.8) is 0 Å². The van der Waals surface area contributed by atoms with Crippen LogP contribution in [0.25, 0.3) is 0 Å². The van der Waals surface area contributed by atoms with E-state index in [0.29, 0.717) is 18.0 Å². The molecule has 2 rings (SSSR count). The highest BCUT2D eigenvalue weighted by molar-refractivity contribution is 5.20. The van der Waals surface area contributed by atoms with E-state index in [1.165, 1.54) is 24.9 Å². The molecule has 0 bridgehead atoms. The zero-order chi connectivity index (χ0) is 12.3. The highest BCUT2D eigenvalue weighted by Gasteiger charge is 2.30. The number of hydrogen-bond acceptors (Lipinski definition) is 2. The summed E-state index contributed by atoms with van der Waals surface area (Å²) in [7, 11) is 0. The summed E-state index contributed by atoms with van der Waals surface area (Å²) in [5.41, 5.74) is 7.29. The summed E-state index contributed by atoms with van der Waals surface area (Å²) in [6.45, 7) is 6.59. The Morgan fingerprint density at radius 1 is 1.29 bits per heavy atom. The van der Waals surface area contributed by atoms with Crippen LogP contribution in [0.1, 0.15) is 38.3 Å². The van der Waals surface area contributed by atoms with E-state index in [9.17, 15) is 0 Å². The summed E-state index contributed by atoms with van der Waals surface area (Å²) in [6.07, 6.45) is 2.46. The van der Waals surface area contributed by atoms with E-state index in [0.717, 1.165) is 6.54 Å². The topological polar surface area (TPSA) is 29.3 Å². The van der Waals surface area contributed by atoms with Crippen molar-refractivity contribution in [1.82, 2.24) is 4.90 Å². The van der Waals surface area contributed by atoms with Crippen LogP contribution in [-0.4, -0.2) is 24.0 Å². The monoisotopic (exact) mass is 232 g/mol. The minimum atomic E-state index is 0.554. The van der Waals surface area contributed by atoms with E-state index < -0.39 is 0 Å². The van der Waals surface area contributed by atoms with Crippen LogP contribution in [0, 0.1) is 5.92 Å². The van der Waals surface area contributed by atoms with Gasteiger partial charge in [0, 0.05) is 12.1 Å². The van der Waals surface area contributed by atoms with Crippen LogP contribution < -0.4 is 5.73 Å². The minimum absolute atomic E-state index is 0.554. The molecule has 1 aromatic carbocycles. The SMILES string of the molecule is CC(C)N1CC[C@@H](CN)C[C@@H]1c1ccccc1. The summed E-state index contributed by atoms with van der Waals surface area (Å²) >= 11 is 0. The van der Waals surface area contributed by atoms with Gasteiger partial charge in [0.05, 0.1) is 0 Å². The van der Waals surface area contributed by atoms with Gasteiger partial charge in [-0.05, 0) is 51.3 Å². The predicted molar refractivity (Wildman–Crippen MR) is 72.8 cm³/mol. The predicted octanol–water partition coefficient (Wildman–Crippen LogP) is 2.81. The molecule has 1 heterocycles. The number of nitrogens with zero attached hydrogens (tertiary/aromatic N) is 1. The van der Waals surface area contributed by atoms with Crippen molar-refractivity contribution in [3.8, 4) is 0 Å². The third-order valence-electron chi connectivity index (χ3n) is 3.93. The Hall–Kier alpha value is -0.860. The van der Waals surface area contributed by atoms with E-state index in [4.69, 9.17) is 5.73 Å². The van der Waals surface area contributed by atoms with E-state index >= 15 is 0 Å². The van der Waals surface area contributed by atoms with E-state index in [2.05, 4.69) is 49.1 Å². The van der Waals surface area contributed by atoms with Crippen molar-refractivity contribution in [2.45, 2.75) is 38.8 Å². The minimum Gasteiger partial charge on any atom is -0.330 e. The Balaban J connectivity index is 2.19. The quantitative estimate of drug-likeness (QED) is 0.868. The highest BCUT2D eigenvalue weighted by Crippen LogP contribution is 2.34. The molecular formula is C15H24N2. The van der Waals surface area contributed by atoms with Gasteiger partial charge in [-0.15, -0.1) is 0 Å². The average molecular weight is 232 g/mol. The van der Waals surface area contributed by atoms with Crippen LogP contribution >= 0.6 is 0 Å². The Morgan fingerprint density at radius 3 is 2.59 bits per heavy atom. The van der Waals surface area contributed by atoms with Gasteiger partial charge in [0.15, 0.2) is 0 Å². The molecule has 0 saturated carbocycles. The molecule has 2 N–H and O–H groups in total. The highest BCUT2D eigenvalue weighted by atomic mass is 15.2. The Morgan fingerprint density at radius 2 is 2.00 bits per heavy atom. The fourth-order valence-electron chi connectivity index (χ4n) is 2.89. The first-order valence-corrected chi connectivity index (χ1v) is 6.73. The first-order chi connectivity index (χ1) is 8.22. The van der Waals surface area contributed by atoms with Crippen molar-refractivity contribution in [1.29, 1.82) is 0 Å². The van der Waals surface area contributed by atoms with Crippen LogP contribution in [0.15, 0.2) is 30.3 Å². The van der Waals surface area contributed by atoms with Crippen LogP contribution in [0.3, 0.4) is 0 Å². The van der Waals surface area contributed by atoms with Gasteiger partial charge in [0.25, 0.3) is 0 Å². The molecule has 0 aromatic heterocycles. The first kappa shape index (κ1) is 12.6. The molecule has 1 aliphatic rings. The van der Waals surface area contributed by atoms with Crippen LogP contribution in [0.2, 0.25) is 0 Å². The summed E-state index contributed by atoms with van der Waals surface area (Å²) < 4.78 is 0. The molecule has 1 aliphatic heterocycles. The van der Waals surface area contributed by atoms with Crippen LogP contribution in [0.5, 0.6) is 0 Å². The van der Waals surface area contributed by atoms with Gasteiger partial charge >= 0.3 is 0 Å². The molecule has 1 aromatic rings. The number of rotatable bonds is 3. The van der Waals surface area contributed by atoms with Gasteiger partial charge in [0.1, 0.15) is 0 Å². The van der Waals surface area contributed by atoms with Gasteiger partial charge < -0.3 is 5.73 Å². The van der Waals surface area contributed by atoms with Crippen LogP contribution in [0.4, 0.5) is 0 Å². The molecule has 0 radical (unpaired) electrons. The lowest BCUT2D eigenvalue weighted by molar-refractivity contribution is 0.0833. The van der Waals surface area contributed by atoms with Gasteiger partial charge in [-0.25, -0.2) is 0 Å². The molecule has 0 amide bonds. The second kappa shape index (κ2) is 5.65. The molecule has 0 unspecified atom stereocenters. The third-order valence-corrected chi connectivity index (χ3v) is 3.93. The Kier molecular flexibility index (Phi) is 4.19. The number of nitrogens with two attached hydrogens (primary N) is 1. The Bertz CT molecular complexity index is 334. The molecular weight excluding hydrogens is 208 g/mol. The molecule has 2 heteroatoms. The van der Waals surface area contributed by atoms with Crippen molar-refractivity contribution in [2.24, 2.45) is 11.7 Å². The van der Waals surface area contributed by atoms with E-state index in [1.807, 2.05) is 0 Å². The third kappa shape index (κ3) is 2.88. The van der Waals surface area contributed by atoms with Crippen molar-refractivity contribution >= 4 is 0 Å². The lowest BCUT2D eigenvalue weighted by atomic mass is 9.86. The molecule has 0 spiro atoms. The van der Waals surface area contributed by atoms with Crippen molar-refractivity contribution in [3.05, 3.63) is 35.9 Å². The zero-order valence-electron chi connectivity index (χ0n) is 11.0. The van der Waals surface area contributed by atoms with Crippen molar-refractivity contribution in [2.75, 3.05) is 13.1 Å². The van der Waals surface area contributed by atoms with Gasteiger partial charge in [-0.2, -0.15) is 0 Å². The summed E-state index contributed by atoms with van der Waals surface area (Å²) in [5, 5.41) is 0. The maximum atomic E-state index is 5.85. The number of hydrogen-bond donors (Lipinski definition) is 1. The normalized spacial score (nSPS) is 26.4. The van der Waals surface area contributed by atoms with E-state index in [1.54, 1.807) is 0 Å². The second-order valence-electron chi connectivity index (χ2n) is 5.38. The smallest absolute Gasteiger partial charge is 0.0353 e. The Labute approximate surface area is 105 Å². The van der Waals surface area contributed by atoms with Gasteiger partial charge in [-0.3, -0.25) is 4.90 Å². The second-order valence-corrected chi connectivity index (χ2v) is 5.38. The number of likely N-dealkylation sites (tertiary alicyclic amines) is 1. The molecule has 2 nitrogen and oxygen atoms in total. The molecule has 1 saturated heterocycles. The summed E-state index contributed by atoms with van der Waals surface area (Å²) in [5.74, 6) is 0.690. The lowest BCUT2D eigenvalue weighted by Gasteiger charge is -2.42. The van der Waals surface area contributed by atoms with Crippen molar-refractivity contribution < 1.29 is 0 Å². The van der Waals surface area contributed by atoms with Gasteiger partial charge in [-0.1, -0.05) is 30.3 Å². The summed E-state index contributed by atoms with van der Waals surface area (Å²) in [4.78, 5) is 2.61. The number of benzene rings is 1. The molecule has 2 atom stereocenters.